The molecule has 2 aliphatic rings. The van der Waals surface area contributed by atoms with Crippen LogP contribution >= 0.6 is 0 Å². The van der Waals surface area contributed by atoms with E-state index in [4.69, 9.17) is 14.5 Å². The van der Waals surface area contributed by atoms with Gasteiger partial charge in [-0.25, -0.2) is 18.2 Å². The Balaban J connectivity index is 1.49. The van der Waals surface area contributed by atoms with Crippen LogP contribution in [0.5, 0.6) is 11.6 Å². The highest BCUT2D eigenvalue weighted by Gasteiger charge is 2.29. The van der Waals surface area contributed by atoms with Crippen molar-refractivity contribution in [2.75, 3.05) is 37.7 Å². The smallest absolute Gasteiger partial charge is 0.254 e. The van der Waals surface area contributed by atoms with Gasteiger partial charge in [0.15, 0.2) is 11.6 Å². The van der Waals surface area contributed by atoms with Crippen LogP contribution in [0.3, 0.4) is 0 Å². The maximum atomic E-state index is 14.4. The van der Waals surface area contributed by atoms with Gasteiger partial charge in [0.05, 0.1) is 31.0 Å². The van der Waals surface area contributed by atoms with E-state index in [0.29, 0.717) is 62.0 Å². The lowest BCUT2D eigenvalue weighted by Crippen LogP contribution is -2.39. The Hall–Kier alpha value is -3.66. The molecule has 0 saturated carbocycles. The lowest BCUT2D eigenvalue weighted by Gasteiger charge is -2.32. The minimum absolute atomic E-state index is 0.105. The van der Waals surface area contributed by atoms with Gasteiger partial charge in [-0.3, -0.25) is 4.79 Å². The van der Waals surface area contributed by atoms with Crippen LogP contribution in [0.4, 0.5) is 19.1 Å². The standard InChI is InChI=1S/C24H21F3N4O3/c25-16-3-1-15(2-4-16)23(32)31-8-7-20-18(14-31)22(34-21-6-5-17(26)13-19(21)27)29-24(28-20)30-9-11-33-12-10-30/h1-6,13H,7-12,14H2. The molecule has 1 fully saturated rings. The quantitative estimate of drug-likeness (QED) is 0.579. The van der Waals surface area contributed by atoms with Gasteiger partial charge < -0.3 is 19.3 Å². The van der Waals surface area contributed by atoms with E-state index in [1.54, 1.807) is 4.90 Å². The number of aromatic nitrogens is 2. The second-order valence-electron chi connectivity index (χ2n) is 8.01. The van der Waals surface area contributed by atoms with Crippen LogP contribution in [0.2, 0.25) is 0 Å². The summed E-state index contributed by atoms with van der Waals surface area (Å²) >= 11 is 0. The summed E-state index contributed by atoms with van der Waals surface area (Å²) in [6, 6.07) is 8.34. The van der Waals surface area contributed by atoms with E-state index in [2.05, 4.69) is 4.98 Å². The Labute approximate surface area is 193 Å². The zero-order valence-corrected chi connectivity index (χ0v) is 18.1. The highest BCUT2D eigenvalue weighted by atomic mass is 19.1. The molecule has 0 bridgehead atoms. The number of halogens is 3. The third kappa shape index (κ3) is 4.54. The topological polar surface area (TPSA) is 67.8 Å². The molecule has 1 saturated heterocycles. The van der Waals surface area contributed by atoms with Crippen molar-refractivity contribution in [3.05, 3.63) is 76.7 Å². The van der Waals surface area contributed by atoms with Gasteiger partial charge in [0.2, 0.25) is 11.8 Å². The van der Waals surface area contributed by atoms with Gasteiger partial charge in [0.25, 0.3) is 5.91 Å². The summed E-state index contributed by atoms with van der Waals surface area (Å²) in [6.45, 7) is 2.78. The summed E-state index contributed by atoms with van der Waals surface area (Å²) in [7, 11) is 0. The van der Waals surface area contributed by atoms with Crippen LogP contribution in [0, 0.1) is 17.5 Å². The van der Waals surface area contributed by atoms with Crippen LogP contribution in [-0.4, -0.2) is 53.6 Å². The van der Waals surface area contributed by atoms with Crippen molar-refractivity contribution in [2.45, 2.75) is 13.0 Å². The summed E-state index contributed by atoms with van der Waals surface area (Å²) in [6.07, 6.45) is 0.435. The molecule has 5 rings (SSSR count). The number of carbonyl (C=O) groups is 1. The van der Waals surface area contributed by atoms with Gasteiger partial charge in [-0.2, -0.15) is 4.98 Å². The predicted molar refractivity (Wildman–Crippen MR) is 116 cm³/mol. The molecule has 34 heavy (non-hydrogen) atoms. The molecule has 0 spiro atoms. The van der Waals surface area contributed by atoms with E-state index < -0.39 is 17.5 Å². The number of morpholine rings is 1. The number of carbonyl (C=O) groups excluding carboxylic acids is 1. The number of nitrogens with zero attached hydrogens (tertiary/aromatic N) is 4. The third-order valence-corrected chi connectivity index (χ3v) is 5.78. The van der Waals surface area contributed by atoms with E-state index in [1.807, 2.05) is 4.90 Å². The molecular weight excluding hydrogens is 449 g/mol. The summed E-state index contributed by atoms with van der Waals surface area (Å²) in [4.78, 5) is 25.8. The highest BCUT2D eigenvalue weighted by Crippen LogP contribution is 2.33. The second kappa shape index (κ2) is 9.30. The Morgan fingerprint density at radius 1 is 0.941 bits per heavy atom. The first-order chi connectivity index (χ1) is 16.5. The largest absolute Gasteiger partial charge is 0.435 e. The van der Waals surface area contributed by atoms with Crippen LogP contribution in [0.25, 0.3) is 0 Å². The first kappa shape index (κ1) is 22.1. The molecule has 0 aliphatic carbocycles. The van der Waals surface area contributed by atoms with Crippen LogP contribution in [-0.2, 0) is 17.7 Å². The van der Waals surface area contributed by atoms with E-state index in [-0.39, 0.29) is 24.1 Å². The Morgan fingerprint density at radius 3 is 2.41 bits per heavy atom. The Morgan fingerprint density at radius 2 is 1.68 bits per heavy atom. The van der Waals surface area contributed by atoms with Crippen molar-refractivity contribution in [2.24, 2.45) is 0 Å². The summed E-state index contributed by atoms with van der Waals surface area (Å²) < 4.78 is 52.2. The summed E-state index contributed by atoms with van der Waals surface area (Å²) in [5, 5.41) is 0. The number of amides is 1. The number of anilines is 1. The molecule has 0 atom stereocenters. The first-order valence-corrected chi connectivity index (χ1v) is 10.9. The first-order valence-electron chi connectivity index (χ1n) is 10.9. The lowest BCUT2D eigenvalue weighted by molar-refractivity contribution is 0.0731. The van der Waals surface area contributed by atoms with Gasteiger partial charge in [-0.15, -0.1) is 0 Å². The molecule has 0 unspecified atom stereocenters. The fourth-order valence-electron chi connectivity index (χ4n) is 3.97. The molecule has 3 heterocycles. The lowest BCUT2D eigenvalue weighted by atomic mass is 10.1. The molecule has 7 nitrogen and oxygen atoms in total. The Kier molecular flexibility index (Phi) is 6.06. The van der Waals surface area contributed by atoms with Gasteiger partial charge in [0.1, 0.15) is 11.6 Å². The number of hydrogen-bond donors (Lipinski definition) is 0. The maximum absolute atomic E-state index is 14.4. The zero-order valence-electron chi connectivity index (χ0n) is 18.1. The van der Waals surface area contributed by atoms with Crippen LogP contribution < -0.4 is 9.64 Å². The van der Waals surface area contributed by atoms with E-state index in [1.165, 1.54) is 30.3 Å². The molecule has 1 aromatic heterocycles. The molecule has 2 aromatic carbocycles. The number of benzene rings is 2. The molecule has 2 aliphatic heterocycles. The monoisotopic (exact) mass is 470 g/mol. The van der Waals surface area contributed by atoms with E-state index >= 15 is 0 Å². The number of ether oxygens (including phenoxy) is 2. The zero-order chi connectivity index (χ0) is 23.7. The van der Waals surface area contributed by atoms with Gasteiger partial charge in [0, 0.05) is 37.7 Å². The SMILES string of the molecule is O=C(c1ccc(F)cc1)N1CCc2nc(N3CCOCC3)nc(Oc3ccc(F)cc3F)c2C1. The van der Waals surface area contributed by atoms with Crippen molar-refractivity contribution >= 4 is 11.9 Å². The molecule has 3 aromatic rings. The Bertz CT molecular complexity index is 1220. The van der Waals surface area contributed by atoms with Gasteiger partial charge in [-0.05, 0) is 36.4 Å². The second-order valence-corrected chi connectivity index (χ2v) is 8.01. The summed E-state index contributed by atoms with van der Waals surface area (Å²) in [5.41, 5.74) is 1.59. The fraction of sp³-hybridized carbons (Fsp3) is 0.292. The fourth-order valence-corrected chi connectivity index (χ4v) is 3.97. The van der Waals surface area contributed by atoms with Crippen molar-refractivity contribution in [1.29, 1.82) is 0 Å². The molecule has 10 heteroatoms. The normalized spacial score (nSPS) is 15.7. The number of fused-ring (bicyclic) bond motifs is 1. The highest BCUT2D eigenvalue weighted by molar-refractivity contribution is 5.94. The van der Waals surface area contributed by atoms with Crippen molar-refractivity contribution in [3.8, 4) is 11.6 Å². The third-order valence-electron chi connectivity index (χ3n) is 5.78. The van der Waals surface area contributed by atoms with Crippen molar-refractivity contribution in [1.82, 2.24) is 14.9 Å². The molecular formula is C24H21F3N4O3. The molecule has 1 amide bonds. The van der Waals surface area contributed by atoms with Crippen LogP contribution in [0.15, 0.2) is 42.5 Å². The minimum Gasteiger partial charge on any atom is -0.435 e. The van der Waals surface area contributed by atoms with Crippen molar-refractivity contribution in [3.63, 3.8) is 0 Å². The predicted octanol–water partition coefficient (Wildman–Crippen LogP) is 3.72. The molecule has 0 radical (unpaired) electrons. The number of hydrogen-bond acceptors (Lipinski definition) is 6. The molecule has 176 valence electrons. The maximum Gasteiger partial charge on any atom is 0.254 e. The van der Waals surface area contributed by atoms with Crippen molar-refractivity contribution < 1.29 is 27.4 Å². The van der Waals surface area contributed by atoms with Gasteiger partial charge in [-0.1, -0.05) is 0 Å². The van der Waals surface area contributed by atoms with Gasteiger partial charge >= 0.3 is 0 Å². The van der Waals surface area contributed by atoms with E-state index in [0.717, 1.165) is 12.1 Å². The van der Waals surface area contributed by atoms with Crippen LogP contribution in [0.1, 0.15) is 21.6 Å². The number of rotatable bonds is 4. The molecule has 0 N–H and O–H groups in total. The average Bonchev–Trinajstić information content (AvgIpc) is 2.86. The average molecular weight is 470 g/mol. The minimum atomic E-state index is -0.865. The van der Waals surface area contributed by atoms with E-state index in [9.17, 15) is 18.0 Å². The summed E-state index contributed by atoms with van der Waals surface area (Å²) in [5.74, 6) is -1.94.